The number of fused-ring (bicyclic) bond motifs is 1. The number of rotatable bonds is 5. The highest BCUT2D eigenvalue weighted by Gasteiger charge is 2.28. The lowest BCUT2D eigenvalue weighted by Gasteiger charge is -2.16. The molecule has 2 aromatic rings. The van der Waals surface area contributed by atoms with Crippen molar-refractivity contribution in [1.82, 2.24) is 4.31 Å². The Morgan fingerprint density at radius 1 is 1.07 bits per heavy atom. The largest absolute Gasteiger partial charge is 0.322 e. The summed E-state index contributed by atoms with van der Waals surface area (Å²) < 4.78 is 26.7. The second-order valence-electron chi connectivity index (χ2n) is 7.25. The van der Waals surface area contributed by atoms with E-state index in [0.29, 0.717) is 37.3 Å². The normalized spacial score (nSPS) is 16.9. The zero-order valence-electron chi connectivity index (χ0n) is 16.2. The number of nitrogens with one attached hydrogen (secondary N) is 1. The van der Waals surface area contributed by atoms with Crippen LogP contribution in [0, 0.1) is 0 Å². The van der Waals surface area contributed by atoms with Crippen LogP contribution in [0.1, 0.15) is 35.7 Å². The van der Waals surface area contributed by atoms with Gasteiger partial charge in [-0.25, -0.2) is 8.42 Å². The summed E-state index contributed by atoms with van der Waals surface area (Å²) >= 11 is 0. The van der Waals surface area contributed by atoms with Gasteiger partial charge in [-0.15, -0.1) is 0 Å². The first kappa shape index (κ1) is 19.6. The van der Waals surface area contributed by atoms with E-state index in [4.69, 9.17) is 0 Å². The lowest BCUT2D eigenvalue weighted by molar-refractivity contribution is -0.117. The van der Waals surface area contributed by atoms with Crippen LogP contribution in [0.5, 0.6) is 0 Å². The molecule has 8 heteroatoms. The minimum absolute atomic E-state index is 0.0563. The van der Waals surface area contributed by atoms with E-state index in [1.807, 2.05) is 19.1 Å². The maximum atomic E-state index is 12.6. The number of benzene rings is 2. The van der Waals surface area contributed by atoms with E-state index in [-0.39, 0.29) is 16.7 Å². The van der Waals surface area contributed by atoms with Crippen molar-refractivity contribution in [3.63, 3.8) is 0 Å². The first-order valence-corrected chi connectivity index (χ1v) is 11.2. The fourth-order valence-electron chi connectivity index (χ4n) is 3.87. The van der Waals surface area contributed by atoms with Gasteiger partial charge in [-0.3, -0.25) is 9.59 Å². The standard InChI is InChI=1S/C21H23N3O4S/c1-2-24-19-10-7-17(13-16(19)14-20(24)25)22-21(26)15-5-8-18(9-6-15)29(27,28)23-11-3-4-12-23/h5-10,13H,2-4,11-12,14H2,1H3,(H,22,26). The van der Waals surface area contributed by atoms with Gasteiger partial charge in [0, 0.05) is 36.6 Å². The van der Waals surface area contributed by atoms with Crippen molar-refractivity contribution in [2.75, 3.05) is 29.9 Å². The number of carbonyl (C=O) groups is 2. The van der Waals surface area contributed by atoms with Gasteiger partial charge in [-0.2, -0.15) is 4.31 Å². The van der Waals surface area contributed by atoms with Gasteiger partial charge in [0.2, 0.25) is 15.9 Å². The molecule has 2 aliphatic heterocycles. The van der Waals surface area contributed by atoms with Crippen molar-refractivity contribution in [3.8, 4) is 0 Å². The molecule has 0 aliphatic carbocycles. The number of amides is 2. The van der Waals surface area contributed by atoms with Crippen LogP contribution in [0.3, 0.4) is 0 Å². The summed E-state index contributed by atoms with van der Waals surface area (Å²) in [7, 11) is -3.49. The summed E-state index contributed by atoms with van der Waals surface area (Å²) in [6.07, 6.45) is 2.08. The monoisotopic (exact) mass is 413 g/mol. The Morgan fingerprint density at radius 3 is 2.41 bits per heavy atom. The van der Waals surface area contributed by atoms with Crippen molar-refractivity contribution >= 4 is 33.2 Å². The molecule has 1 saturated heterocycles. The van der Waals surface area contributed by atoms with Crippen LogP contribution in [0.15, 0.2) is 47.4 Å². The molecule has 152 valence electrons. The Labute approximate surface area is 170 Å². The Bertz CT molecular complexity index is 1060. The molecule has 2 aliphatic rings. The van der Waals surface area contributed by atoms with Gasteiger partial charge in [-0.05, 0) is 67.8 Å². The molecule has 0 aromatic heterocycles. The van der Waals surface area contributed by atoms with E-state index in [2.05, 4.69) is 5.32 Å². The topological polar surface area (TPSA) is 86.8 Å². The zero-order valence-corrected chi connectivity index (χ0v) is 17.0. The van der Waals surface area contributed by atoms with Crippen molar-refractivity contribution < 1.29 is 18.0 Å². The van der Waals surface area contributed by atoms with Gasteiger partial charge in [-0.1, -0.05) is 0 Å². The predicted molar refractivity (Wildman–Crippen MR) is 111 cm³/mol. The Morgan fingerprint density at radius 2 is 1.76 bits per heavy atom. The van der Waals surface area contributed by atoms with Crippen LogP contribution < -0.4 is 10.2 Å². The molecule has 2 heterocycles. The molecule has 0 radical (unpaired) electrons. The molecule has 7 nitrogen and oxygen atoms in total. The van der Waals surface area contributed by atoms with Gasteiger partial charge in [0.15, 0.2) is 0 Å². The van der Waals surface area contributed by atoms with E-state index in [1.54, 1.807) is 11.0 Å². The Balaban J connectivity index is 1.48. The summed E-state index contributed by atoms with van der Waals surface area (Å²) in [5, 5.41) is 2.82. The molecule has 0 spiro atoms. The van der Waals surface area contributed by atoms with Crippen LogP contribution in [-0.2, 0) is 21.2 Å². The molecule has 4 rings (SSSR count). The summed E-state index contributed by atoms with van der Waals surface area (Å²) in [5.74, 6) is -0.271. The van der Waals surface area contributed by atoms with Crippen LogP contribution in [0.2, 0.25) is 0 Å². The summed E-state index contributed by atoms with van der Waals surface area (Å²) in [6.45, 7) is 3.63. The van der Waals surface area contributed by atoms with Crippen LogP contribution in [0.4, 0.5) is 11.4 Å². The number of hydrogen-bond donors (Lipinski definition) is 1. The number of likely N-dealkylation sites (N-methyl/N-ethyl adjacent to an activating group) is 1. The van der Waals surface area contributed by atoms with Crippen molar-refractivity contribution in [2.45, 2.75) is 31.1 Å². The minimum Gasteiger partial charge on any atom is -0.322 e. The third-order valence-corrected chi connectivity index (χ3v) is 7.32. The molecule has 29 heavy (non-hydrogen) atoms. The summed E-state index contributed by atoms with van der Waals surface area (Å²) in [6, 6.07) is 11.4. The highest BCUT2D eigenvalue weighted by atomic mass is 32.2. The van der Waals surface area contributed by atoms with E-state index in [1.165, 1.54) is 28.6 Å². The lowest BCUT2D eigenvalue weighted by atomic mass is 10.1. The number of anilines is 2. The second kappa shape index (κ2) is 7.61. The third kappa shape index (κ3) is 3.65. The maximum absolute atomic E-state index is 12.6. The molecule has 1 N–H and O–H groups in total. The highest BCUT2D eigenvalue weighted by molar-refractivity contribution is 7.89. The number of sulfonamides is 1. The molecule has 0 unspecified atom stereocenters. The minimum atomic E-state index is -3.49. The molecule has 0 bridgehead atoms. The van der Waals surface area contributed by atoms with E-state index < -0.39 is 10.0 Å². The quantitative estimate of drug-likeness (QED) is 0.816. The fraction of sp³-hybridized carbons (Fsp3) is 0.333. The maximum Gasteiger partial charge on any atom is 0.255 e. The molecule has 2 amide bonds. The van der Waals surface area contributed by atoms with Gasteiger partial charge >= 0.3 is 0 Å². The molecule has 1 fully saturated rings. The van der Waals surface area contributed by atoms with Crippen LogP contribution in [-0.4, -0.2) is 44.2 Å². The third-order valence-electron chi connectivity index (χ3n) is 5.41. The second-order valence-corrected chi connectivity index (χ2v) is 9.19. The molecule has 0 saturated carbocycles. The Hall–Kier alpha value is -2.71. The van der Waals surface area contributed by atoms with Gasteiger partial charge in [0.1, 0.15) is 0 Å². The SMILES string of the molecule is CCN1C(=O)Cc2cc(NC(=O)c3ccc(S(=O)(=O)N4CCCC4)cc3)ccc21. The zero-order chi connectivity index (χ0) is 20.6. The van der Waals surface area contributed by atoms with E-state index in [9.17, 15) is 18.0 Å². The summed E-state index contributed by atoms with van der Waals surface area (Å²) in [4.78, 5) is 26.5. The first-order valence-electron chi connectivity index (χ1n) is 9.75. The lowest BCUT2D eigenvalue weighted by Crippen LogP contribution is -2.27. The molecular weight excluding hydrogens is 390 g/mol. The van der Waals surface area contributed by atoms with E-state index >= 15 is 0 Å². The average molecular weight is 413 g/mol. The van der Waals surface area contributed by atoms with Gasteiger partial charge in [0.05, 0.1) is 11.3 Å². The van der Waals surface area contributed by atoms with Gasteiger partial charge < -0.3 is 10.2 Å². The van der Waals surface area contributed by atoms with Crippen molar-refractivity contribution in [1.29, 1.82) is 0 Å². The molecule has 2 aromatic carbocycles. The smallest absolute Gasteiger partial charge is 0.255 e. The van der Waals surface area contributed by atoms with Crippen molar-refractivity contribution in [3.05, 3.63) is 53.6 Å². The Kier molecular flexibility index (Phi) is 5.14. The fourth-order valence-corrected chi connectivity index (χ4v) is 5.38. The number of hydrogen-bond acceptors (Lipinski definition) is 4. The summed E-state index contributed by atoms with van der Waals surface area (Å²) in [5.41, 5.74) is 2.75. The average Bonchev–Trinajstić information content (AvgIpc) is 3.35. The van der Waals surface area contributed by atoms with Crippen molar-refractivity contribution in [2.24, 2.45) is 0 Å². The first-order chi connectivity index (χ1) is 13.9. The van der Waals surface area contributed by atoms with Gasteiger partial charge in [0.25, 0.3) is 5.91 Å². The number of carbonyl (C=O) groups excluding carboxylic acids is 2. The van der Waals surface area contributed by atoms with Crippen LogP contribution in [0.25, 0.3) is 0 Å². The number of nitrogens with zero attached hydrogens (tertiary/aromatic N) is 2. The van der Waals surface area contributed by atoms with E-state index in [0.717, 1.165) is 24.1 Å². The van der Waals surface area contributed by atoms with Crippen LogP contribution >= 0.6 is 0 Å². The highest BCUT2D eigenvalue weighted by Crippen LogP contribution is 2.31. The molecule has 0 atom stereocenters. The predicted octanol–water partition coefficient (Wildman–Crippen LogP) is 2.63. The molecular formula is C21H23N3O4S.